The number of pyridine rings is 1. The molecule has 1 spiro atoms. The van der Waals surface area contributed by atoms with E-state index in [-0.39, 0.29) is 11.9 Å². The highest BCUT2D eigenvalue weighted by atomic mass is 32.1. The van der Waals surface area contributed by atoms with E-state index >= 15 is 0 Å². The first-order valence-corrected chi connectivity index (χ1v) is 11.6. The molecule has 2 aromatic heterocycles. The van der Waals surface area contributed by atoms with Gasteiger partial charge >= 0.3 is 0 Å². The molecule has 4 heterocycles. The Bertz CT molecular complexity index is 1110. The van der Waals surface area contributed by atoms with Crippen molar-refractivity contribution in [3.63, 3.8) is 0 Å². The van der Waals surface area contributed by atoms with Crippen LogP contribution in [0.4, 0.5) is 0 Å². The Morgan fingerprint density at radius 1 is 1.26 bits per heavy atom. The van der Waals surface area contributed by atoms with Gasteiger partial charge in [0.15, 0.2) is 6.35 Å². The van der Waals surface area contributed by atoms with Gasteiger partial charge in [-0.1, -0.05) is 6.07 Å². The summed E-state index contributed by atoms with van der Waals surface area (Å²) in [7, 11) is 0. The molecule has 2 aliphatic rings. The molecular formula is C23H27N5O2S. The van der Waals surface area contributed by atoms with Crippen LogP contribution in [-0.2, 0) is 11.3 Å². The summed E-state index contributed by atoms with van der Waals surface area (Å²) >= 11 is 1.66. The number of aliphatic hydroxyl groups is 1. The second kappa shape index (κ2) is 7.94. The van der Waals surface area contributed by atoms with E-state index in [0.717, 1.165) is 29.9 Å². The summed E-state index contributed by atoms with van der Waals surface area (Å²) in [6, 6.07) is 10.6. The summed E-state index contributed by atoms with van der Waals surface area (Å²) in [5.74, 6) is -0.00865. The van der Waals surface area contributed by atoms with E-state index in [1.165, 1.54) is 10.3 Å². The standard InChI is InChI=1S/C23H27N5O2S/c1-15-11-17(5-8-24-15)13-28-21(29)23(26-22(28)30)6-9-27(10-7-23)16(2)18-3-4-20-19(12-18)25-14-31-20/h3-5,8,11-12,14,16,22,26,30H,6-7,9-10,13H2,1-2H3. The van der Waals surface area contributed by atoms with Gasteiger partial charge in [0.1, 0.15) is 5.54 Å². The second-order valence-electron chi connectivity index (χ2n) is 8.63. The molecule has 8 heteroatoms. The van der Waals surface area contributed by atoms with Gasteiger partial charge in [0.25, 0.3) is 0 Å². The predicted octanol–water partition coefficient (Wildman–Crippen LogP) is 2.80. The van der Waals surface area contributed by atoms with Gasteiger partial charge in [0, 0.05) is 37.6 Å². The smallest absolute Gasteiger partial charge is 0.246 e. The number of aromatic nitrogens is 2. The summed E-state index contributed by atoms with van der Waals surface area (Å²) in [5.41, 5.74) is 5.36. The number of benzene rings is 1. The van der Waals surface area contributed by atoms with E-state index in [1.807, 2.05) is 24.6 Å². The van der Waals surface area contributed by atoms with E-state index < -0.39 is 11.9 Å². The lowest BCUT2D eigenvalue weighted by Crippen LogP contribution is -2.55. The number of fused-ring (bicyclic) bond motifs is 1. The number of hydrogen-bond donors (Lipinski definition) is 2. The molecule has 0 aliphatic carbocycles. The van der Waals surface area contributed by atoms with Crippen LogP contribution in [0.3, 0.4) is 0 Å². The van der Waals surface area contributed by atoms with E-state index in [9.17, 15) is 9.90 Å². The predicted molar refractivity (Wildman–Crippen MR) is 120 cm³/mol. The van der Waals surface area contributed by atoms with E-state index in [2.05, 4.69) is 45.3 Å². The number of hydrogen-bond acceptors (Lipinski definition) is 7. The van der Waals surface area contributed by atoms with Gasteiger partial charge in [0.05, 0.1) is 15.7 Å². The highest BCUT2D eigenvalue weighted by Crippen LogP contribution is 2.35. The third-order valence-corrected chi connectivity index (χ3v) is 7.53. The van der Waals surface area contributed by atoms with Crippen molar-refractivity contribution >= 4 is 27.5 Å². The lowest BCUT2D eigenvalue weighted by atomic mass is 9.86. The minimum Gasteiger partial charge on any atom is -0.361 e. The molecular weight excluding hydrogens is 410 g/mol. The minimum absolute atomic E-state index is 0.00865. The Kier molecular flexibility index (Phi) is 5.26. The van der Waals surface area contributed by atoms with Crippen molar-refractivity contribution in [2.75, 3.05) is 13.1 Å². The monoisotopic (exact) mass is 437 g/mol. The molecule has 3 aromatic rings. The highest BCUT2D eigenvalue weighted by Gasteiger charge is 2.52. The fourth-order valence-corrected chi connectivity index (χ4v) is 5.49. The largest absolute Gasteiger partial charge is 0.361 e. The summed E-state index contributed by atoms with van der Waals surface area (Å²) in [4.78, 5) is 25.9. The first kappa shape index (κ1) is 20.5. The number of piperidine rings is 1. The molecule has 2 N–H and O–H groups in total. The first-order valence-electron chi connectivity index (χ1n) is 10.7. The van der Waals surface area contributed by atoms with Crippen molar-refractivity contribution in [3.8, 4) is 0 Å². The van der Waals surface area contributed by atoms with Crippen LogP contribution in [0.5, 0.6) is 0 Å². The molecule has 1 aromatic carbocycles. The average molecular weight is 438 g/mol. The zero-order chi connectivity index (χ0) is 21.6. The first-order chi connectivity index (χ1) is 14.9. The third kappa shape index (κ3) is 3.74. The molecule has 5 rings (SSSR count). The zero-order valence-corrected chi connectivity index (χ0v) is 18.6. The third-order valence-electron chi connectivity index (χ3n) is 6.72. The van der Waals surface area contributed by atoms with Crippen LogP contribution in [0, 0.1) is 6.92 Å². The van der Waals surface area contributed by atoms with Gasteiger partial charge in [-0.25, -0.2) is 4.98 Å². The van der Waals surface area contributed by atoms with Crippen LogP contribution < -0.4 is 5.32 Å². The molecule has 0 bridgehead atoms. The molecule has 31 heavy (non-hydrogen) atoms. The Morgan fingerprint density at radius 2 is 2.06 bits per heavy atom. The lowest BCUT2D eigenvalue weighted by molar-refractivity contribution is -0.138. The van der Waals surface area contributed by atoms with Gasteiger partial charge < -0.3 is 5.11 Å². The maximum Gasteiger partial charge on any atom is 0.246 e. The summed E-state index contributed by atoms with van der Waals surface area (Å²) in [5, 5.41) is 13.8. The van der Waals surface area contributed by atoms with Crippen molar-refractivity contribution in [2.45, 2.75) is 51.2 Å². The number of rotatable bonds is 4. The van der Waals surface area contributed by atoms with E-state index in [4.69, 9.17) is 0 Å². The number of carbonyl (C=O) groups is 1. The average Bonchev–Trinajstić information content (AvgIpc) is 3.32. The number of aryl methyl sites for hydroxylation is 1. The molecule has 2 atom stereocenters. The van der Waals surface area contributed by atoms with Crippen LogP contribution in [0.2, 0.25) is 0 Å². The van der Waals surface area contributed by atoms with Gasteiger partial charge in [-0.2, -0.15) is 0 Å². The number of nitrogens with zero attached hydrogens (tertiary/aromatic N) is 4. The number of aliphatic hydroxyl groups excluding tert-OH is 1. The summed E-state index contributed by atoms with van der Waals surface area (Å²) in [6.07, 6.45) is 2.14. The molecule has 1 amide bonds. The topological polar surface area (TPSA) is 81.6 Å². The highest BCUT2D eigenvalue weighted by molar-refractivity contribution is 7.16. The van der Waals surface area contributed by atoms with Crippen molar-refractivity contribution in [1.29, 1.82) is 0 Å². The van der Waals surface area contributed by atoms with Crippen LogP contribution in [0.1, 0.15) is 42.6 Å². The fraction of sp³-hybridized carbons (Fsp3) is 0.435. The van der Waals surface area contributed by atoms with Crippen LogP contribution in [0.25, 0.3) is 10.2 Å². The lowest BCUT2D eigenvalue weighted by Gasteiger charge is -2.40. The normalized spacial score (nSPS) is 22.5. The number of carbonyl (C=O) groups excluding carboxylic acids is 1. The van der Waals surface area contributed by atoms with Gasteiger partial charge in [-0.05, 0) is 62.1 Å². The SMILES string of the molecule is Cc1cc(CN2C(=O)C3(CCN(C(C)c4ccc5scnc5c4)CC3)NC2O)ccn1. The molecule has 2 unspecified atom stereocenters. The number of nitrogens with one attached hydrogen (secondary N) is 1. The molecule has 2 aliphatic heterocycles. The van der Waals surface area contributed by atoms with Gasteiger partial charge in [-0.15, -0.1) is 11.3 Å². The van der Waals surface area contributed by atoms with Crippen molar-refractivity contribution in [1.82, 2.24) is 25.1 Å². The van der Waals surface area contributed by atoms with Gasteiger partial charge in [-0.3, -0.25) is 24.9 Å². The molecule has 7 nitrogen and oxygen atoms in total. The number of amides is 1. The van der Waals surface area contributed by atoms with Gasteiger partial charge in [0.2, 0.25) is 5.91 Å². The maximum absolute atomic E-state index is 13.3. The van der Waals surface area contributed by atoms with Crippen LogP contribution in [0.15, 0.2) is 42.0 Å². The van der Waals surface area contributed by atoms with Crippen LogP contribution in [-0.4, -0.2) is 55.8 Å². The quantitative estimate of drug-likeness (QED) is 0.653. The molecule has 0 saturated carbocycles. The van der Waals surface area contributed by atoms with Crippen molar-refractivity contribution in [3.05, 3.63) is 58.9 Å². The van der Waals surface area contributed by atoms with Crippen LogP contribution >= 0.6 is 11.3 Å². The molecule has 2 fully saturated rings. The van der Waals surface area contributed by atoms with E-state index in [0.29, 0.717) is 19.4 Å². The summed E-state index contributed by atoms with van der Waals surface area (Å²) < 4.78 is 1.20. The molecule has 2 saturated heterocycles. The number of thiazole rings is 1. The summed E-state index contributed by atoms with van der Waals surface area (Å²) in [6.45, 7) is 6.11. The van der Waals surface area contributed by atoms with Crippen molar-refractivity contribution in [2.24, 2.45) is 0 Å². The molecule has 162 valence electrons. The Hall–Kier alpha value is -2.39. The Morgan fingerprint density at radius 3 is 2.84 bits per heavy atom. The Balaban J connectivity index is 1.27. The zero-order valence-electron chi connectivity index (χ0n) is 17.8. The van der Waals surface area contributed by atoms with E-state index in [1.54, 1.807) is 22.4 Å². The Labute approximate surface area is 185 Å². The fourth-order valence-electron chi connectivity index (χ4n) is 4.83. The minimum atomic E-state index is -0.961. The number of likely N-dealkylation sites (tertiary alicyclic amines) is 1. The van der Waals surface area contributed by atoms with Crippen molar-refractivity contribution < 1.29 is 9.90 Å². The second-order valence-corrected chi connectivity index (χ2v) is 9.52. The maximum atomic E-state index is 13.3. The molecule has 0 radical (unpaired) electrons.